The average molecular weight is 466 g/mol. The normalized spacial score (nSPS) is 15.2. The van der Waals surface area contributed by atoms with E-state index in [1.165, 1.54) is 13.5 Å². The highest BCUT2D eigenvalue weighted by molar-refractivity contribution is 9.10. The summed E-state index contributed by atoms with van der Waals surface area (Å²) < 4.78 is 34.5. The maximum absolute atomic E-state index is 12.9. The maximum Gasteiger partial charge on any atom is 0.265 e. The van der Waals surface area contributed by atoms with Crippen molar-refractivity contribution in [2.45, 2.75) is 43.4 Å². The lowest BCUT2D eigenvalue weighted by molar-refractivity contribution is -0.123. The van der Waals surface area contributed by atoms with Gasteiger partial charge in [-0.25, -0.2) is 8.42 Å². The Bertz CT molecular complexity index is 935. The van der Waals surface area contributed by atoms with Gasteiger partial charge in [-0.2, -0.15) is 0 Å². The van der Waals surface area contributed by atoms with E-state index in [0.717, 1.165) is 30.2 Å². The number of methoxy groups -OCH3 is 1. The quantitative estimate of drug-likeness (QED) is 0.627. The molecule has 0 heterocycles. The van der Waals surface area contributed by atoms with Crippen molar-refractivity contribution in [3.05, 3.63) is 52.5 Å². The van der Waals surface area contributed by atoms with E-state index in [1.807, 2.05) is 0 Å². The van der Waals surface area contributed by atoms with Crippen LogP contribution in [-0.2, 0) is 21.2 Å². The lowest BCUT2D eigenvalue weighted by Gasteiger charge is -2.20. The van der Waals surface area contributed by atoms with Crippen LogP contribution in [0.4, 0.5) is 5.69 Å². The summed E-state index contributed by atoms with van der Waals surface area (Å²) in [6, 6.07) is 11.8. The van der Waals surface area contributed by atoms with E-state index in [1.54, 1.807) is 42.5 Å². The summed E-state index contributed by atoms with van der Waals surface area (Å²) in [4.78, 5) is 12.6. The lowest BCUT2D eigenvalue weighted by atomic mass is 9.84. The van der Waals surface area contributed by atoms with E-state index in [0.29, 0.717) is 11.3 Å². The zero-order valence-electron chi connectivity index (χ0n) is 15.8. The Morgan fingerprint density at radius 3 is 2.43 bits per heavy atom. The molecule has 0 saturated heterocycles. The molecule has 0 radical (unpaired) electrons. The molecule has 3 rings (SSSR count). The van der Waals surface area contributed by atoms with E-state index in [4.69, 9.17) is 4.74 Å². The van der Waals surface area contributed by atoms with Crippen molar-refractivity contribution in [3.8, 4) is 5.75 Å². The number of Topliss-reactive ketones (excluding diaryl/α,β-unsaturated/α-hetero) is 1. The zero-order chi connectivity index (χ0) is 20.1. The van der Waals surface area contributed by atoms with Gasteiger partial charge in [-0.15, -0.1) is 0 Å². The van der Waals surface area contributed by atoms with Crippen LogP contribution < -0.4 is 9.46 Å². The fourth-order valence-corrected chi connectivity index (χ4v) is 5.08. The van der Waals surface area contributed by atoms with Gasteiger partial charge in [0, 0.05) is 22.5 Å². The summed E-state index contributed by atoms with van der Waals surface area (Å²) >= 11 is 3.33. The van der Waals surface area contributed by atoms with Crippen LogP contribution in [0, 0.1) is 5.92 Å². The van der Waals surface area contributed by atoms with Gasteiger partial charge in [0.25, 0.3) is 10.0 Å². The van der Waals surface area contributed by atoms with Crippen LogP contribution in [0.2, 0.25) is 0 Å². The molecule has 0 aliphatic heterocycles. The second kappa shape index (κ2) is 9.09. The molecule has 0 unspecified atom stereocenters. The molecule has 150 valence electrons. The van der Waals surface area contributed by atoms with Crippen molar-refractivity contribution in [1.82, 2.24) is 0 Å². The minimum absolute atomic E-state index is 0.0341. The van der Waals surface area contributed by atoms with Gasteiger partial charge in [0.2, 0.25) is 0 Å². The molecule has 7 heteroatoms. The molecule has 0 atom stereocenters. The van der Waals surface area contributed by atoms with Gasteiger partial charge in [0.1, 0.15) is 16.4 Å². The van der Waals surface area contributed by atoms with Gasteiger partial charge in [0.05, 0.1) is 7.11 Å². The largest absolute Gasteiger partial charge is 0.495 e. The van der Waals surface area contributed by atoms with Gasteiger partial charge in [-0.1, -0.05) is 41.3 Å². The summed E-state index contributed by atoms with van der Waals surface area (Å²) in [5.41, 5.74) is 1.14. The lowest BCUT2D eigenvalue weighted by Crippen LogP contribution is -2.20. The molecule has 2 aromatic rings. The fourth-order valence-electron chi connectivity index (χ4n) is 3.54. The van der Waals surface area contributed by atoms with Crippen molar-refractivity contribution >= 4 is 37.4 Å². The molecule has 1 N–H and O–H groups in total. The summed E-state index contributed by atoms with van der Waals surface area (Å²) in [7, 11) is -2.42. The number of hydrogen-bond acceptors (Lipinski definition) is 4. The molecule has 1 aliphatic carbocycles. The summed E-state index contributed by atoms with van der Waals surface area (Å²) in [5, 5.41) is 0. The van der Waals surface area contributed by atoms with Gasteiger partial charge in [-0.05, 0) is 54.8 Å². The highest BCUT2D eigenvalue weighted by Gasteiger charge is 2.24. The Kier molecular flexibility index (Phi) is 6.78. The minimum atomic E-state index is -3.85. The smallest absolute Gasteiger partial charge is 0.265 e. The van der Waals surface area contributed by atoms with Gasteiger partial charge < -0.3 is 4.74 Å². The molecule has 28 heavy (non-hydrogen) atoms. The van der Waals surface area contributed by atoms with Gasteiger partial charge in [0.15, 0.2) is 0 Å². The number of ether oxygens (including phenoxy) is 1. The number of benzene rings is 2. The molecule has 2 aromatic carbocycles. The third kappa shape index (κ3) is 5.14. The van der Waals surface area contributed by atoms with E-state index < -0.39 is 10.0 Å². The Morgan fingerprint density at radius 2 is 1.79 bits per heavy atom. The number of nitrogens with one attached hydrogen (secondary N) is 1. The van der Waals surface area contributed by atoms with E-state index in [-0.39, 0.29) is 28.8 Å². The van der Waals surface area contributed by atoms with E-state index in [2.05, 4.69) is 20.7 Å². The maximum atomic E-state index is 12.9. The number of rotatable bonds is 7. The Hall–Kier alpha value is -1.86. The van der Waals surface area contributed by atoms with Crippen LogP contribution in [-0.4, -0.2) is 21.3 Å². The van der Waals surface area contributed by atoms with Crippen molar-refractivity contribution in [2.24, 2.45) is 5.92 Å². The van der Waals surface area contributed by atoms with Crippen LogP contribution in [0.25, 0.3) is 0 Å². The molecule has 0 spiro atoms. The van der Waals surface area contributed by atoms with Crippen LogP contribution in [0.1, 0.15) is 37.7 Å². The first-order valence-electron chi connectivity index (χ1n) is 9.37. The monoisotopic (exact) mass is 465 g/mol. The predicted octanol–water partition coefficient (Wildman–Crippen LogP) is 4.95. The molecular formula is C21H24BrNO4S. The summed E-state index contributed by atoms with van der Waals surface area (Å²) in [5.74, 6) is 0.532. The molecule has 0 amide bonds. The Labute approximate surface area is 174 Å². The van der Waals surface area contributed by atoms with Gasteiger partial charge >= 0.3 is 0 Å². The highest BCUT2D eigenvalue weighted by atomic mass is 79.9. The number of sulfonamides is 1. The second-order valence-corrected chi connectivity index (χ2v) is 9.64. The number of halogens is 1. The molecule has 1 aliphatic rings. The number of ketones is 1. The first-order chi connectivity index (χ1) is 13.4. The average Bonchev–Trinajstić information content (AvgIpc) is 2.70. The molecule has 1 saturated carbocycles. The summed E-state index contributed by atoms with van der Waals surface area (Å²) in [6.45, 7) is 0. The number of carbonyl (C=O) groups is 1. The SMILES string of the molecule is COc1ccc(CC(=O)C2CCCCC2)cc1S(=O)(=O)Nc1ccc(Br)cc1. The van der Waals surface area contributed by atoms with Crippen LogP contribution in [0.3, 0.4) is 0 Å². The minimum Gasteiger partial charge on any atom is -0.495 e. The third-order valence-electron chi connectivity index (χ3n) is 5.05. The molecule has 0 bridgehead atoms. The summed E-state index contributed by atoms with van der Waals surface area (Å²) in [6.07, 6.45) is 5.49. The van der Waals surface area contributed by atoms with Crippen molar-refractivity contribution in [1.29, 1.82) is 0 Å². The molecule has 1 fully saturated rings. The zero-order valence-corrected chi connectivity index (χ0v) is 18.2. The van der Waals surface area contributed by atoms with Crippen LogP contribution in [0.5, 0.6) is 5.75 Å². The molecular weight excluding hydrogens is 442 g/mol. The fraction of sp³-hybridized carbons (Fsp3) is 0.381. The van der Waals surface area contributed by atoms with Crippen molar-refractivity contribution in [2.75, 3.05) is 11.8 Å². The number of carbonyl (C=O) groups excluding carboxylic acids is 1. The van der Waals surface area contributed by atoms with Crippen molar-refractivity contribution < 1.29 is 17.9 Å². The Morgan fingerprint density at radius 1 is 1.11 bits per heavy atom. The first kappa shape index (κ1) is 20.9. The topological polar surface area (TPSA) is 72.5 Å². The van der Waals surface area contributed by atoms with Crippen LogP contribution >= 0.6 is 15.9 Å². The molecule has 5 nitrogen and oxygen atoms in total. The molecule has 0 aromatic heterocycles. The standard InChI is InChI=1S/C21H24BrNO4S/c1-27-20-12-7-15(13-19(24)16-5-3-2-4-6-16)14-21(20)28(25,26)23-18-10-8-17(22)9-11-18/h7-12,14,16,23H,2-6,13H2,1H3. The Balaban J connectivity index is 1.83. The third-order valence-corrected chi connectivity index (χ3v) is 6.98. The van der Waals surface area contributed by atoms with Crippen LogP contribution in [0.15, 0.2) is 51.8 Å². The predicted molar refractivity (Wildman–Crippen MR) is 113 cm³/mol. The van der Waals surface area contributed by atoms with E-state index in [9.17, 15) is 13.2 Å². The van der Waals surface area contributed by atoms with E-state index >= 15 is 0 Å². The van der Waals surface area contributed by atoms with Gasteiger partial charge in [-0.3, -0.25) is 9.52 Å². The number of anilines is 1. The number of hydrogen-bond donors (Lipinski definition) is 1. The second-order valence-electron chi connectivity index (χ2n) is 7.08. The van der Waals surface area contributed by atoms with Crippen molar-refractivity contribution in [3.63, 3.8) is 0 Å². The first-order valence-corrected chi connectivity index (χ1v) is 11.6. The highest BCUT2D eigenvalue weighted by Crippen LogP contribution is 2.29.